The molecule has 19 heavy (non-hydrogen) atoms. The van der Waals surface area contributed by atoms with E-state index >= 15 is 0 Å². The molecule has 0 spiro atoms. The van der Waals surface area contributed by atoms with Crippen molar-refractivity contribution in [2.24, 2.45) is 0 Å². The lowest BCUT2D eigenvalue weighted by molar-refractivity contribution is 0.515. The molecule has 2 atom stereocenters. The van der Waals surface area contributed by atoms with Gasteiger partial charge in [-0.25, -0.2) is 4.98 Å². The summed E-state index contributed by atoms with van der Waals surface area (Å²) < 4.78 is 0. The second-order valence-corrected chi connectivity index (χ2v) is 5.90. The van der Waals surface area contributed by atoms with Crippen molar-refractivity contribution in [2.75, 3.05) is 0 Å². The first-order valence-electron chi connectivity index (χ1n) is 6.92. The SMILES string of the molecule is CC1CCC(C)c2nc(Cl)c(-c3ccccc3)cc21. The summed E-state index contributed by atoms with van der Waals surface area (Å²) in [5.74, 6) is 1.10. The summed E-state index contributed by atoms with van der Waals surface area (Å²) in [6.45, 7) is 4.53. The van der Waals surface area contributed by atoms with E-state index in [4.69, 9.17) is 11.6 Å². The standard InChI is InChI=1S/C17H18ClN/c1-11-8-9-12(2)16-14(11)10-15(17(18)19-16)13-6-4-3-5-7-13/h3-7,10-12H,8-9H2,1-2H3. The molecule has 0 radical (unpaired) electrons. The fraction of sp³-hybridized carbons (Fsp3) is 0.353. The van der Waals surface area contributed by atoms with Gasteiger partial charge in [0.15, 0.2) is 0 Å². The molecule has 3 rings (SSSR count). The number of nitrogens with zero attached hydrogens (tertiary/aromatic N) is 1. The van der Waals surface area contributed by atoms with E-state index in [0.29, 0.717) is 17.0 Å². The zero-order valence-corrected chi connectivity index (χ0v) is 12.1. The van der Waals surface area contributed by atoms with Gasteiger partial charge in [0.2, 0.25) is 0 Å². The maximum atomic E-state index is 6.40. The van der Waals surface area contributed by atoms with Crippen LogP contribution in [0.15, 0.2) is 36.4 Å². The van der Waals surface area contributed by atoms with Crippen LogP contribution in [-0.4, -0.2) is 4.98 Å². The van der Waals surface area contributed by atoms with Gasteiger partial charge in [-0.3, -0.25) is 0 Å². The number of benzene rings is 1. The molecule has 0 amide bonds. The Kier molecular flexibility index (Phi) is 3.32. The van der Waals surface area contributed by atoms with Crippen LogP contribution < -0.4 is 0 Å². The Morgan fingerprint density at radius 1 is 1.05 bits per heavy atom. The van der Waals surface area contributed by atoms with Crippen molar-refractivity contribution in [2.45, 2.75) is 38.5 Å². The van der Waals surface area contributed by atoms with Crippen molar-refractivity contribution in [3.05, 3.63) is 52.8 Å². The van der Waals surface area contributed by atoms with Crippen LogP contribution in [0.3, 0.4) is 0 Å². The van der Waals surface area contributed by atoms with Crippen LogP contribution in [0.2, 0.25) is 5.15 Å². The molecule has 0 saturated heterocycles. The van der Waals surface area contributed by atoms with E-state index < -0.39 is 0 Å². The van der Waals surface area contributed by atoms with Crippen LogP contribution in [0.25, 0.3) is 11.1 Å². The smallest absolute Gasteiger partial charge is 0.137 e. The molecule has 1 aliphatic rings. The monoisotopic (exact) mass is 271 g/mol. The Balaban J connectivity index is 2.16. The Bertz CT molecular complexity index is 592. The molecule has 1 aromatic carbocycles. The number of aromatic nitrogens is 1. The average Bonchev–Trinajstić information content (AvgIpc) is 2.44. The van der Waals surface area contributed by atoms with E-state index in [2.05, 4.69) is 37.0 Å². The maximum absolute atomic E-state index is 6.40. The molecule has 2 heteroatoms. The van der Waals surface area contributed by atoms with Crippen molar-refractivity contribution in [1.82, 2.24) is 4.98 Å². The van der Waals surface area contributed by atoms with Crippen molar-refractivity contribution >= 4 is 11.6 Å². The fourth-order valence-corrected chi connectivity index (χ4v) is 3.18. The summed E-state index contributed by atoms with van der Waals surface area (Å²) in [5, 5.41) is 0.630. The molecule has 98 valence electrons. The quantitative estimate of drug-likeness (QED) is 0.633. The molecule has 0 saturated carbocycles. The fourth-order valence-electron chi connectivity index (χ4n) is 2.92. The van der Waals surface area contributed by atoms with Crippen LogP contribution in [-0.2, 0) is 0 Å². The summed E-state index contributed by atoms with van der Waals surface area (Å²) in [5.41, 5.74) is 4.78. The number of hydrogen-bond acceptors (Lipinski definition) is 1. The highest BCUT2D eigenvalue weighted by atomic mass is 35.5. The summed E-state index contributed by atoms with van der Waals surface area (Å²) in [6.07, 6.45) is 2.45. The number of hydrogen-bond donors (Lipinski definition) is 0. The molecule has 0 aliphatic heterocycles. The van der Waals surface area contributed by atoms with Gasteiger partial charge in [0.1, 0.15) is 5.15 Å². The molecular formula is C17H18ClN. The van der Waals surface area contributed by atoms with Gasteiger partial charge in [0.25, 0.3) is 0 Å². The van der Waals surface area contributed by atoms with E-state index in [0.717, 1.165) is 11.1 Å². The molecule has 1 heterocycles. The average molecular weight is 272 g/mol. The van der Waals surface area contributed by atoms with Gasteiger partial charge in [0, 0.05) is 11.3 Å². The Morgan fingerprint density at radius 3 is 2.47 bits per heavy atom. The molecule has 0 fully saturated rings. The highest BCUT2D eigenvalue weighted by Crippen LogP contribution is 2.40. The second-order valence-electron chi connectivity index (χ2n) is 5.55. The molecule has 1 aromatic heterocycles. The van der Waals surface area contributed by atoms with Crippen molar-refractivity contribution in [3.63, 3.8) is 0 Å². The van der Waals surface area contributed by atoms with Crippen molar-refractivity contribution < 1.29 is 0 Å². The van der Waals surface area contributed by atoms with E-state index in [9.17, 15) is 0 Å². The molecule has 1 nitrogen and oxygen atoms in total. The topological polar surface area (TPSA) is 12.9 Å². The minimum Gasteiger partial charge on any atom is -0.240 e. The minimum absolute atomic E-state index is 0.522. The first kappa shape index (κ1) is 12.7. The van der Waals surface area contributed by atoms with Gasteiger partial charge in [-0.2, -0.15) is 0 Å². The number of halogens is 1. The third kappa shape index (κ3) is 2.28. The van der Waals surface area contributed by atoms with Gasteiger partial charge < -0.3 is 0 Å². The lowest BCUT2D eigenvalue weighted by Gasteiger charge is -2.27. The van der Waals surface area contributed by atoms with Crippen LogP contribution in [0.5, 0.6) is 0 Å². The Hall–Kier alpha value is -1.34. The van der Waals surface area contributed by atoms with E-state index in [1.54, 1.807) is 0 Å². The summed E-state index contributed by atoms with van der Waals surface area (Å²) in [4.78, 5) is 4.69. The maximum Gasteiger partial charge on any atom is 0.137 e. The Labute approximate surface area is 119 Å². The summed E-state index contributed by atoms with van der Waals surface area (Å²) >= 11 is 6.40. The largest absolute Gasteiger partial charge is 0.240 e. The predicted octanol–water partition coefficient (Wildman–Crippen LogP) is 5.40. The highest BCUT2D eigenvalue weighted by Gasteiger charge is 2.25. The third-order valence-corrected chi connectivity index (χ3v) is 4.44. The first-order valence-corrected chi connectivity index (χ1v) is 7.30. The third-order valence-electron chi connectivity index (χ3n) is 4.15. The minimum atomic E-state index is 0.522. The second kappa shape index (κ2) is 4.97. The van der Waals surface area contributed by atoms with E-state index in [1.807, 2.05) is 18.2 Å². The van der Waals surface area contributed by atoms with Gasteiger partial charge in [-0.1, -0.05) is 55.8 Å². The van der Waals surface area contributed by atoms with E-state index in [-0.39, 0.29) is 0 Å². The molecule has 1 aliphatic carbocycles. The van der Waals surface area contributed by atoms with Gasteiger partial charge in [-0.15, -0.1) is 0 Å². The van der Waals surface area contributed by atoms with Gasteiger partial charge >= 0.3 is 0 Å². The zero-order valence-electron chi connectivity index (χ0n) is 11.4. The van der Waals surface area contributed by atoms with Crippen LogP contribution >= 0.6 is 11.6 Å². The van der Waals surface area contributed by atoms with Crippen LogP contribution in [0.1, 0.15) is 49.8 Å². The Morgan fingerprint density at radius 2 is 1.74 bits per heavy atom. The predicted molar refractivity (Wildman–Crippen MR) is 80.7 cm³/mol. The lowest BCUT2D eigenvalue weighted by atomic mass is 9.80. The van der Waals surface area contributed by atoms with Crippen molar-refractivity contribution in [1.29, 1.82) is 0 Å². The number of fused-ring (bicyclic) bond motifs is 1. The van der Waals surface area contributed by atoms with Crippen LogP contribution in [0.4, 0.5) is 0 Å². The lowest BCUT2D eigenvalue weighted by Crippen LogP contribution is -2.13. The van der Waals surface area contributed by atoms with E-state index in [1.165, 1.54) is 24.1 Å². The molecular weight excluding hydrogens is 254 g/mol. The first-order chi connectivity index (χ1) is 9.16. The molecule has 0 N–H and O–H groups in total. The number of pyridine rings is 1. The van der Waals surface area contributed by atoms with Crippen LogP contribution in [0, 0.1) is 0 Å². The normalized spacial score (nSPS) is 22.1. The van der Waals surface area contributed by atoms with Gasteiger partial charge in [0.05, 0.1) is 0 Å². The zero-order chi connectivity index (χ0) is 13.4. The number of rotatable bonds is 1. The van der Waals surface area contributed by atoms with Crippen molar-refractivity contribution in [3.8, 4) is 11.1 Å². The molecule has 0 bridgehead atoms. The molecule has 2 aromatic rings. The highest BCUT2D eigenvalue weighted by molar-refractivity contribution is 6.32. The van der Waals surface area contributed by atoms with Gasteiger partial charge in [-0.05, 0) is 41.9 Å². The summed E-state index contributed by atoms with van der Waals surface area (Å²) in [6, 6.07) is 12.5. The summed E-state index contributed by atoms with van der Waals surface area (Å²) in [7, 11) is 0. The molecule has 2 unspecified atom stereocenters.